The second-order valence-electron chi connectivity index (χ2n) is 3.83. The maximum absolute atomic E-state index is 10.7. The van der Waals surface area contributed by atoms with Crippen LogP contribution in [0.5, 0.6) is 0 Å². The first kappa shape index (κ1) is 11.9. The number of hydrogen-bond acceptors (Lipinski definition) is 3. The van der Waals surface area contributed by atoms with E-state index in [2.05, 4.69) is 22.3 Å². The molecule has 2 aromatic rings. The van der Waals surface area contributed by atoms with Crippen LogP contribution in [0.4, 0.5) is 0 Å². The van der Waals surface area contributed by atoms with Crippen molar-refractivity contribution in [2.45, 2.75) is 13.8 Å². The summed E-state index contributed by atoms with van der Waals surface area (Å²) in [6, 6.07) is 6.15. The summed E-state index contributed by atoms with van der Waals surface area (Å²) >= 11 is 1.31. The number of carbonyl (C=O) groups is 1. The number of rotatable bonds is 3. The summed E-state index contributed by atoms with van der Waals surface area (Å²) in [5, 5.41) is 8.48. The third-order valence-corrected chi connectivity index (χ3v) is 3.23. The largest absolute Gasteiger partial charge is 0.288 e. The lowest BCUT2D eigenvalue weighted by molar-refractivity contribution is -0.109. The number of aryl methyl sites for hydroxylation is 1. The van der Waals surface area contributed by atoms with Crippen molar-refractivity contribution in [3.8, 4) is 0 Å². The molecule has 2 rings (SSSR count). The maximum Gasteiger partial charge on any atom is 0.186 e. The molecule has 0 aliphatic carbocycles. The van der Waals surface area contributed by atoms with Crippen molar-refractivity contribution in [3.63, 3.8) is 0 Å². The van der Waals surface area contributed by atoms with Gasteiger partial charge in [-0.25, -0.2) is 0 Å². The Balaban J connectivity index is 2.11. The molecule has 0 atom stereocenters. The van der Waals surface area contributed by atoms with Crippen molar-refractivity contribution in [2.75, 3.05) is 5.75 Å². The topological polar surface area (TPSA) is 45.8 Å². The van der Waals surface area contributed by atoms with Crippen molar-refractivity contribution in [1.29, 1.82) is 0 Å². The Bertz CT molecular complexity index is 572. The third kappa shape index (κ3) is 2.97. The highest BCUT2D eigenvalue weighted by molar-refractivity contribution is 8.13. The second kappa shape index (κ2) is 5.19. The van der Waals surface area contributed by atoms with E-state index in [1.165, 1.54) is 11.8 Å². The summed E-state index contributed by atoms with van der Waals surface area (Å²) in [7, 11) is 0. The molecular weight excluding hydrogens is 232 g/mol. The zero-order valence-electron chi connectivity index (χ0n) is 9.86. The van der Waals surface area contributed by atoms with Crippen molar-refractivity contribution < 1.29 is 4.79 Å². The summed E-state index contributed by atoms with van der Waals surface area (Å²) in [5.74, 6) is 0.715. The fourth-order valence-electron chi connectivity index (χ4n) is 1.62. The van der Waals surface area contributed by atoms with E-state index in [-0.39, 0.29) is 5.12 Å². The second-order valence-corrected chi connectivity index (χ2v) is 5.03. The summed E-state index contributed by atoms with van der Waals surface area (Å²) in [5.41, 5.74) is 3.17. The fraction of sp³-hybridized carbons (Fsp3) is 0.231. The Morgan fingerprint density at radius 1 is 1.53 bits per heavy atom. The first-order chi connectivity index (χ1) is 8.16. The molecule has 0 bridgehead atoms. The van der Waals surface area contributed by atoms with Crippen LogP contribution in [0.2, 0.25) is 0 Å². The average Bonchev–Trinajstić information content (AvgIpc) is 2.66. The van der Waals surface area contributed by atoms with Gasteiger partial charge in [0.15, 0.2) is 5.12 Å². The van der Waals surface area contributed by atoms with E-state index in [0.717, 1.165) is 22.2 Å². The number of aromatic amines is 1. The number of benzene rings is 1. The lowest BCUT2D eigenvalue weighted by atomic mass is 10.1. The fourth-order valence-corrected chi connectivity index (χ4v) is 2.04. The molecule has 1 aromatic heterocycles. The highest BCUT2D eigenvalue weighted by atomic mass is 32.2. The van der Waals surface area contributed by atoms with Crippen LogP contribution in [0, 0.1) is 6.92 Å². The van der Waals surface area contributed by atoms with Gasteiger partial charge in [-0.3, -0.25) is 9.89 Å². The third-order valence-electron chi connectivity index (χ3n) is 2.46. The molecule has 0 saturated heterocycles. The maximum atomic E-state index is 10.7. The average molecular weight is 246 g/mol. The predicted molar refractivity (Wildman–Crippen MR) is 73.0 cm³/mol. The molecule has 0 aliphatic heterocycles. The number of nitrogens with one attached hydrogen (secondary N) is 1. The van der Waals surface area contributed by atoms with Gasteiger partial charge in [0.1, 0.15) is 0 Å². The molecule has 0 saturated carbocycles. The molecule has 88 valence electrons. The Morgan fingerprint density at radius 3 is 3.12 bits per heavy atom. The molecular formula is C13H14N2OS. The first-order valence-corrected chi connectivity index (χ1v) is 6.40. The normalized spacial score (nSPS) is 11.4. The molecule has 1 aromatic carbocycles. The van der Waals surface area contributed by atoms with E-state index in [4.69, 9.17) is 0 Å². The van der Waals surface area contributed by atoms with Gasteiger partial charge in [0.25, 0.3) is 0 Å². The van der Waals surface area contributed by atoms with Crippen LogP contribution in [-0.2, 0) is 4.79 Å². The Morgan fingerprint density at radius 2 is 2.35 bits per heavy atom. The van der Waals surface area contributed by atoms with E-state index < -0.39 is 0 Å². The van der Waals surface area contributed by atoms with Crippen LogP contribution >= 0.6 is 11.8 Å². The van der Waals surface area contributed by atoms with Gasteiger partial charge in [0, 0.05) is 23.8 Å². The van der Waals surface area contributed by atoms with Crippen LogP contribution < -0.4 is 0 Å². The minimum Gasteiger partial charge on any atom is -0.288 e. The molecule has 3 nitrogen and oxygen atoms in total. The summed E-state index contributed by atoms with van der Waals surface area (Å²) in [6.07, 6.45) is 4.01. The van der Waals surface area contributed by atoms with Gasteiger partial charge >= 0.3 is 0 Å². The number of carbonyl (C=O) groups excluding carboxylic acids is 1. The molecule has 0 aliphatic rings. The van der Waals surface area contributed by atoms with Gasteiger partial charge in [-0.15, -0.1) is 0 Å². The van der Waals surface area contributed by atoms with Gasteiger partial charge in [-0.1, -0.05) is 36.0 Å². The van der Waals surface area contributed by atoms with Crippen LogP contribution in [0.25, 0.3) is 17.0 Å². The van der Waals surface area contributed by atoms with Crippen molar-refractivity contribution in [3.05, 3.63) is 35.5 Å². The van der Waals surface area contributed by atoms with Crippen molar-refractivity contribution in [1.82, 2.24) is 10.2 Å². The van der Waals surface area contributed by atoms with Gasteiger partial charge in [0.05, 0.1) is 5.52 Å². The Kier molecular flexibility index (Phi) is 3.64. The summed E-state index contributed by atoms with van der Waals surface area (Å²) in [4.78, 5) is 10.7. The monoisotopic (exact) mass is 246 g/mol. The number of aromatic nitrogens is 2. The van der Waals surface area contributed by atoms with E-state index in [0.29, 0.717) is 5.75 Å². The standard InChI is InChI=1S/C13H14N2OS/c1-9-12-6-5-11(8-13(12)15-14-9)4-3-7-17-10(2)16/h3-6,8H,7H2,1-2H3,(H,14,15). The molecule has 0 amide bonds. The lowest BCUT2D eigenvalue weighted by Gasteiger charge is -1.94. The predicted octanol–water partition coefficient (Wildman–Crippen LogP) is 3.16. The van der Waals surface area contributed by atoms with E-state index >= 15 is 0 Å². The quantitative estimate of drug-likeness (QED) is 0.904. The first-order valence-electron chi connectivity index (χ1n) is 5.41. The molecule has 4 heteroatoms. The Hall–Kier alpha value is -1.55. The summed E-state index contributed by atoms with van der Waals surface area (Å²) in [6.45, 7) is 3.59. The molecule has 0 radical (unpaired) electrons. The molecule has 0 fully saturated rings. The SMILES string of the molecule is CC(=O)SCC=Cc1ccc2c(C)[nH]nc2c1. The van der Waals surface area contributed by atoms with Crippen LogP contribution in [-0.4, -0.2) is 21.1 Å². The zero-order chi connectivity index (χ0) is 12.3. The van der Waals surface area contributed by atoms with Gasteiger partial charge in [-0.2, -0.15) is 5.10 Å². The molecule has 1 N–H and O–H groups in total. The van der Waals surface area contributed by atoms with Crippen molar-refractivity contribution in [2.24, 2.45) is 0 Å². The molecule has 0 unspecified atom stereocenters. The Labute approximate surface area is 104 Å². The van der Waals surface area contributed by atoms with Gasteiger partial charge in [0.2, 0.25) is 0 Å². The number of nitrogens with zero attached hydrogens (tertiary/aromatic N) is 1. The lowest BCUT2D eigenvalue weighted by Crippen LogP contribution is -1.81. The smallest absolute Gasteiger partial charge is 0.186 e. The van der Waals surface area contributed by atoms with Crippen LogP contribution in [0.15, 0.2) is 24.3 Å². The van der Waals surface area contributed by atoms with E-state index in [9.17, 15) is 4.79 Å². The van der Waals surface area contributed by atoms with Crippen molar-refractivity contribution >= 4 is 33.9 Å². The van der Waals surface area contributed by atoms with Crippen LogP contribution in [0.3, 0.4) is 0 Å². The van der Waals surface area contributed by atoms with E-state index in [1.807, 2.05) is 25.1 Å². The highest BCUT2D eigenvalue weighted by Crippen LogP contribution is 2.17. The summed E-state index contributed by atoms with van der Waals surface area (Å²) < 4.78 is 0. The zero-order valence-corrected chi connectivity index (χ0v) is 10.7. The molecule has 17 heavy (non-hydrogen) atoms. The number of fused-ring (bicyclic) bond motifs is 1. The number of thioether (sulfide) groups is 1. The number of hydrogen-bond donors (Lipinski definition) is 1. The molecule has 0 spiro atoms. The van der Waals surface area contributed by atoms with Gasteiger partial charge in [-0.05, 0) is 18.6 Å². The minimum atomic E-state index is 0.146. The highest BCUT2D eigenvalue weighted by Gasteiger charge is 2.00. The molecule has 1 heterocycles. The van der Waals surface area contributed by atoms with E-state index in [1.54, 1.807) is 6.92 Å². The number of H-pyrrole nitrogens is 1. The minimum absolute atomic E-state index is 0.146. The van der Waals surface area contributed by atoms with Gasteiger partial charge < -0.3 is 0 Å². The van der Waals surface area contributed by atoms with Crippen LogP contribution in [0.1, 0.15) is 18.2 Å².